The second-order valence-electron chi connectivity index (χ2n) is 5.68. The molecular weight excluding hydrogens is 389 g/mol. The maximum absolute atomic E-state index is 13.5. The zero-order valence-corrected chi connectivity index (χ0v) is 15.3. The largest absolute Gasteiger partial charge is 0.433 e. The third-order valence-corrected chi connectivity index (χ3v) is 5.04. The fraction of sp³-hybridized carbons (Fsp3) is 0.312. The third kappa shape index (κ3) is 3.41. The molecule has 0 aliphatic carbocycles. The van der Waals surface area contributed by atoms with E-state index >= 15 is 0 Å². The first kappa shape index (κ1) is 18.7. The molecule has 3 aromatic heterocycles. The molecule has 0 unspecified atom stereocenters. The van der Waals surface area contributed by atoms with E-state index in [0.29, 0.717) is 15.8 Å². The van der Waals surface area contributed by atoms with Gasteiger partial charge in [-0.15, -0.1) is 11.3 Å². The Labute approximate surface area is 155 Å². The van der Waals surface area contributed by atoms with Crippen LogP contribution in [0.4, 0.5) is 13.2 Å². The number of halogens is 4. The van der Waals surface area contributed by atoms with E-state index in [-0.39, 0.29) is 28.1 Å². The van der Waals surface area contributed by atoms with Gasteiger partial charge in [0.05, 0.1) is 10.6 Å². The summed E-state index contributed by atoms with van der Waals surface area (Å²) in [5, 5.41) is 7.94. The van der Waals surface area contributed by atoms with Gasteiger partial charge in [-0.05, 0) is 30.9 Å². The number of nitrogens with one attached hydrogen (secondary N) is 1. The summed E-state index contributed by atoms with van der Waals surface area (Å²) >= 11 is 7.42. The number of carbonyl (C=O) groups is 1. The standard InChI is InChI=1S/C16H14ClF3N4OS/c1-3-8(2)21-15(25)13-12(17)14-22-9(10-5-4-6-26-10)7-11(16(18,19)20)24(14)23-13/h4-8H,3H2,1-2H3,(H,21,25)/t8-/m1/s1. The summed E-state index contributed by atoms with van der Waals surface area (Å²) in [5.74, 6) is -0.638. The van der Waals surface area contributed by atoms with Crippen LogP contribution in [0.2, 0.25) is 5.02 Å². The van der Waals surface area contributed by atoms with Gasteiger partial charge in [-0.1, -0.05) is 24.6 Å². The second-order valence-corrected chi connectivity index (χ2v) is 7.01. The third-order valence-electron chi connectivity index (χ3n) is 3.80. The van der Waals surface area contributed by atoms with Gasteiger partial charge in [-0.3, -0.25) is 4.79 Å². The monoisotopic (exact) mass is 402 g/mol. The molecule has 0 aliphatic heterocycles. The lowest BCUT2D eigenvalue weighted by atomic mass is 10.2. The molecule has 1 N–H and O–H groups in total. The molecule has 0 aliphatic rings. The maximum Gasteiger partial charge on any atom is 0.433 e. The van der Waals surface area contributed by atoms with Crippen LogP contribution in [0.15, 0.2) is 23.6 Å². The van der Waals surface area contributed by atoms with Crippen molar-refractivity contribution in [3.8, 4) is 10.6 Å². The van der Waals surface area contributed by atoms with Crippen molar-refractivity contribution < 1.29 is 18.0 Å². The lowest BCUT2D eigenvalue weighted by molar-refractivity contribution is -0.142. The Morgan fingerprint density at radius 1 is 1.46 bits per heavy atom. The van der Waals surface area contributed by atoms with Crippen molar-refractivity contribution in [1.29, 1.82) is 0 Å². The molecule has 0 aromatic carbocycles. The fourth-order valence-electron chi connectivity index (χ4n) is 2.28. The number of alkyl halides is 3. The molecule has 0 saturated carbocycles. The highest BCUT2D eigenvalue weighted by Gasteiger charge is 2.36. The van der Waals surface area contributed by atoms with Gasteiger partial charge >= 0.3 is 6.18 Å². The van der Waals surface area contributed by atoms with Crippen LogP contribution in [0.3, 0.4) is 0 Å². The predicted octanol–water partition coefficient (Wildman–Crippen LogP) is 4.66. The van der Waals surface area contributed by atoms with Gasteiger partial charge in [-0.2, -0.15) is 18.3 Å². The van der Waals surface area contributed by atoms with Crippen LogP contribution in [-0.4, -0.2) is 26.5 Å². The molecule has 0 radical (unpaired) electrons. The number of rotatable bonds is 4. The summed E-state index contributed by atoms with van der Waals surface area (Å²) in [6.07, 6.45) is -4.03. The van der Waals surface area contributed by atoms with Gasteiger partial charge in [-0.25, -0.2) is 9.50 Å². The molecule has 0 bridgehead atoms. The van der Waals surface area contributed by atoms with Gasteiger partial charge in [0.15, 0.2) is 17.0 Å². The molecule has 5 nitrogen and oxygen atoms in total. The van der Waals surface area contributed by atoms with Crippen molar-refractivity contribution in [2.75, 3.05) is 0 Å². The summed E-state index contributed by atoms with van der Waals surface area (Å²) < 4.78 is 41.1. The van der Waals surface area contributed by atoms with E-state index in [4.69, 9.17) is 11.6 Å². The van der Waals surface area contributed by atoms with Crippen LogP contribution in [-0.2, 0) is 6.18 Å². The number of thiophene rings is 1. The molecule has 3 aromatic rings. The number of nitrogens with zero attached hydrogens (tertiary/aromatic N) is 3. The average Bonchev–Trinajstić information content (AvgIpc) is 3.21. The molecule has 3 rings (SSSR count). The molecular formula is C16H14ClF3N4OS. The van der Waals surface area contributed by atoms with Crippen LogP contribution < -0.4 is 5.32 Å². The van der Waals surface area contributed by atoms with Gasteiger partial charge in [0.2, 0.25) is 0 Å². The predicted molar refractivity (Wildman–Crippen MR) is 93.5 cm³/mol. The van der Waals surface area contributed by atoms with E-state index in [1.165, 1.54) is 11.3 Å². The summed E-state index contributed by atoms with van der Waals surface area (Å²) in [5.41, 5.74) is -1.42. The number of hydrogen-bond acceptors (Lipinski definition) is 4. The van der Waals surface area contributed by atoms with E-state index in [0.717, 1.165) is 6.07 Å². The van der Waals surface area contributed by atoms with E-state index in [9.17, 15) is 18.0 Å². The topological polar surface area (TPSA) is 59.3 Å². The van der Waals surface area contributed by atoms with Crippen molar-refractivity contribution >= 4 is 34.5 Å². The van der Waals surface area contributed by atoms with E-state index in [2.05, 4.69) is 15.4 Å². The normalized spacial score (nSPS) is 13.2. The summed E-state index contributed by atoms with van der Waals surface area (Å²) in [4.78, 5) is 17.0. The van der Waals surface area contributed by atoms with Crippen molar-refractivity contribution in [2.45, 2.75) is 32.5 Å². The molecule has 26 heavy (non-hydrogen) atoms. The molecule has 3 heterocycles. The maximum atomic E-state index is 13.5. The zero-order chi connectivity index (χ0) is 19.1. The van der Waals surface area contributed by atoms with E-state index < -0.39 is 17.8 Å². The van der Waals surface area contributed by atoms with Crippen LogP contribution in [0.25, 0.3) is 16.2 Å². The highest BCUT2D eigenvalue weighted by atomic mass is 35.5. The Bertz CT molecular complexity index is 953. The van der Waals surface area contributed by atoms with E-state index in [1.807, 2.05) is 6.92 Å². The molecule has 138 valence electrons. The molecule has 0 fully saturated rings. The van der Waals surface area contributed by atoms with E-state index in [1.54, 1.807) is 24.4 Å². The Balaban J connectivity index is 2.20. The van der Waals surface area contributed by atoms with Crippen molar-refractivity contribution in [3.63, 3.8) is 0 Å². The minimum atomic E-state index is -4.69. The first-order chi connectivity index (χ1) is 12.2. The van der Waals surface area contributed by atoms with Crippen molar-refractivity contribution in [2.24, 2.45) is 0 Å². The lowest BCUT2D eigenvalue weighted by Crippen LogP contribution is -2.32. The van der Waals surface area contributed by atoms with Crippen molar-refractivity contribution in [3.05, 3.63) is 40.0 Å². The Morgan fingerprint density at radius 3 is 2.77 bits per heavy atom. The van der Waals surface area contributed by atoms with Gasteiger partial charge < -0.3 is 5.32 Å². The summed E-state index contributed by atoms with van der Waals surface area (Å²) in [6, 6.07) is 4.10. The minimum Gasteiger partial charge on any atom is -0.348 e. The number of fused-ring (bicyclic) bond motifs is 1. The average molecular weight is 403 g/mol. The lowest BCUT2D eigenvalue weighted by Gasteiger charge is -2.10. The molecule has 0 saturated heterocycles. The fourth-order valence-corrected chi connectivity index (χ4v) is 3.22. The second kappa shape index (κ2) is 6.88. The summed E-state index contributed by atoms with van der Waals surface area (Å²) in [6.45, 7) is 3.64. The SMILES string of the molecule is CC[C@@H](C)NC(=O)c1nn2c(C(F)(F)F)cc(-c3cccs3)nc2c1Cl. The highest BCUT2D eigenvalue weighted by Crippen LogP contribution is 2.35. The highest BCUT2D eigenvalue weighted by molar-refractivity contribution is 7.13. The molecule has 10 heteroatoms. The number of carbonyl (C=O) groups excluding carboxylic acids is 1. The van der Waals surface area contributed by atoms with Crippen molar-refractivity contribution in [1.82, 2.24) is 19.9 Å². The molecule has 1 amide bonds. The quantitative estimate of drug-likeness (QED) is 0.690. The summed E-state index contributed by atoms with van der Waals surface area (Å²) in [7, 11) is 0. The minimum absolute atomic E-state index is 0.121. The number of hydrogen-bond donors (Lipinski definition) is 1. The van der Waals surface area contributed by atoms with Crippen LogP contribution in [0.1, 0.15) is 36.5 Å². The van der Waals surface area contributed by atoms with Crippen LogP contribution >= 0.6 is 22.9 Å². The van der Waals surface area contributed by atoms with Gasteiger partial charge in [0.1, 0.15) is 5.02 Å². The first-order valence-corrected chi connectivity index (χ1v) is 8.99. The van der Waals surface area contributed by atoms with Crippen LogP contribution in [0, 0.1) is 0 Å². The molecule has 1 atom stereocenters. The Morgan fingerprint density at radius 2 is 2.19 bits per heavy atom. The van der Waals surface area contributed by atoms with Gasteiger partial charge in [0.25, 0.3) is 5.91 Å². The number of amides is 1. The smallest absolute Gasteiger partial charge is 0.348 e. The van der Waals surface area contributed by atoms with Gasteiger partial charge in [0, 0.05) is 6.04 Å². The zero-order valence-electron chi connectivity index (χ0n) is 13.8. The Hall–Kier alpha value is -2.13. The Kier molecular flexibility index (Phi) is 4.94. The van der Waals surface area contributed by atoms with Crippen LogP contribution in [0.5, 0.6) is 0 Å². The molecule has 0 spiro atoms. The first-order valence-electron chi connectivity index (χ1n) is 7.73. The number of aromatic nitrogens is 3.